The number of morpholine rings is 1. The molecule has 0 radical (unpaired) electrons. The number of nitrogens with zero attached hydrogens (tertiary/aromatic N) is 3. The van der Waals surface area contributed by atoms with Gasteiger partial charge in [0, 0.05) is 38.3 Å². The molecule has 7 nitrogen and oxygen atoms in total. The smallest absolute Gasteiger partial charge is 0.410 e. The lowest BCUT2D eigenvalue weighted by atomic mass is 10.1. The Morgan fingerprint density at radius 3 is 1.96 bits per heavy atom. The molecule has 2 atom stereocenters. The van der Waals surface area contributed by atoms with Crippen molar-refractivity contribution in [2.75, 3.05) is 39.4 Å². The molecule has 3 amide bonds. The Morgan fingerprint density at radius 2 is 1.50 bits per heavy atom. The number of ether oxygens (including phenoxy) is 2. The fourth-order valence-corrected chi connectivity index (χ4v) is 3.09. The van der Waals surface area contributed by atoms with Crippen LogP contribution in [0.3, 0.4) is 0 Å². The molecule has 0 aromatic carbocycles. The van der Waals surface area contributed by atoms with Gasteiger partial charge in [-0.2, -0.15) is 0 Å². The predicted molar refractivity (Wildman–Crippen MR) is 93.6 cm³/mol. The van der Waals surface area contributed by atoms with Crippen LogP contribution < -0.4 is 0 Å². The zero-order chi connectivity index (χ0) is 17.2. The number of halogens is 1. The average Bonchev–Trinajstić information content (AvgIpc) is 2.45. The van der Waals surface area contributed by atoms with Crippen molar-refractivity contribution in [3.8, 4) is 0 Å². The lowest BCUT2D eigenvalue weighted by Crippen LogP contribution is -2.63. The van der Waals surface area contributed by atoms with Crippen LogP contribution in [0, 0.1) is 0 Å². The monoisotopic (exact) mass is 363 g/mol. The van der Waals surface area contributed by atoms with E-state index in [1.165, 1.54) is 0 Å². The second kappa shape index (κ2) is 8.25. The third kappa shape index (κ3) is 5.14. The van der Waals surface area contributed by atoms with E-state index in [1.807, 2.05) is 44.4 Å². The molecule has 2 saturated heterocycles. The Balaban J connectivity index is 0.00000288. The lowest BCUT2D eigenvalue weighted by molar-refractivity contribution is -0.00823. The summed E-state index contributed by atoms with van der Waals surface area (Å²) in [5, 5.41) is 0. The first kappa shape index (κ1) is 20.8. The minimum absolute atomic E-state index is 0. The van der Waals surface area contributed by atoms with Gasteiger partial charge in [-0.3, -0.25) is 0 Å². The third-order valence-corrected chi connectivity index (χ3v) is 4.07. The maximum absolute atomic E-state index is 12.7. The Labute approximate surface area is 150 Å². The molecule has 2 unspecified atom stereocenters. The van der Waals surface area contributed by atoms with Gasteiger partial charge in [0.2, 0.25) is 0 Å². The summed E-state index contributed by atoms with van der Waals surface area (Å²) in [6.07, 6.45) is -0.310. The quantitative estimate of drug-likeness (QED) is 0.661. The Bertz CT molecular complexity index is 437. The van der Waals surface area contributed by atoms with Gasteiger partial charge in [0.05, 0.1) is 13.2 Å². The highest BCUT2D eigenvalue weighted by atomic mass is 35.5. The minimum Gasteiger partial charge on any atom is -0.444 e. The van der Waals surface area contributed by atoms with Gasteiger partial charge >= 0.3 is 12.1 Å². The lowest BCUT2D eigenvalue weighted by Gasteiger charge is -2.46. The molecular formula is C16H30ClN3O4. The van der Waals surface area contributed by atoms with Crippen LogP contribution in [0.15, 0.2) is 0 Å². The first-order valence-electron chi connectivity index (χ1n) is 8.32. The van der Waals surface area contributed by atoms with Crippen molar-refractivity contribution in [2.24, 2.45) is 0 Å². The molecule has 2 aliphatic heterocycles. The van der Waals surface area contributed by atoms with Gasteiger partial charge in [0.1, 0.15) is 5.60 Å². The van der Waals surface area contributed by atoms with Crippen LogP contribution in [0.4, 0.5) is 9.59 Å². The van der Waals surface area contributed by atoms with Gasteiger partial charge < -0.3 is 24.2 Å². The van der Waals surface area contributed by atoms with Gasteiger partial charge in [-0.25, -0.2) is 9.59 Å². The molecule has 2 heterocycles. The molecule has 0 saturated carbocycles. The van der Waals surface area contributed by atoms with Gasteiger partial charge in [-0.1, -0.05) is 0 Å². The van der Waals surface area contributed by atoms with E-state index in [9.17, 15) is 9.59 Å². The molecule has 2 aliphatic rings. The topological polar surface area (TPSA) is 62.3 Å². The highest BCUT2D eigenvalue weighted by Crippen LogP contribution is 2.20. The molecule has 0 spiro atoms. The molecule has 0 aromatic heterocycles. The summed E-state index contributed by atoms with van der Waals surface area (Å²) in [6.45, 7) is 13.0. The van der Waals surface area contributed by atoms with E-state index >= 15 is 0 Å². The number of piperazine rings is 1. The Morgan fingerprint density at radius 1 is 1.00 bits per heavy atom. The van der Waals surface area contributed by atoms with E-state index in [2.05, 4.69) is 0 Å². The molecule has 2 fully saturated rings. The van der Waals surface area contributed by atoms with Crippen molar-refractivity contribution in [1.29, 1.82) is 0 Å². The van der Waals surface area contributed by atoms with Gasteiger partial charge in [0.15, 0.2) is 0 Å². The van der Waals surface area contributed by atoms with Crippen LogP contribution in [-0.4, -0.2) is 83.9 Å². The van der Waals surface area contributed by atoms with E-state index in [0.29, 0.717) is 39.4 Å². The molecule has 0 N–H and O–H groups in total. The van der Waals surface area contributed by atoms with Crippen molar-refractivity contribution in [2.45, 2.75) is 52.3 Å². The zero-order valence-corrected chi connectivity index (χ0v) is 16.1. The number of urea groups is 1. The Hall–Kier alpha value is -1.21. The number of amides is 3. The standard InChI is InChI=1S/C16H29N3O4.ClH/c1-12-10-18(15(21)23-16(3,4)5)11-13(2)19(12)14(20)17-6-8-22-9-7-17;/h12-13H,6-11H2,1-5H3;1H. The summed E-state index contributed by atoms with van der Waals surface area (Å²) in [5.74, 6) is 0. The number of rotatable bonds is 0. The van der Waals surface area contributed by atoms with Crippen LogP contribution in [-0.2, 0) is 9.47 Å². The molecule has 24 heavy (non-hydrogen) atoms. The molecule has 140 valence electrons. The second-order valence-electron chi connectivity index (χ2n) is 7.37. The summed E-state index contributed by atoms with van der Waals surface area (Å²) in [4.78, 5) is 30.4. The SMILES string of the molecule is CC1CN(C(=O)OC(C)(C)C)CC(C)N1C(=O)N1CCOCC1.Cl. The maximum Gasteiger partial charge on any atom is 0.410 e. The molecule has 0 aromatic rings. The molecular weight excluding hydrogens is 334 g/mol. The Kier molecular flexibility index (Phi) is 7.16. The van der Waals surface area contributed by atoms with Crippen LogP contribution in [0.25, 0.3) is 0 Å². The average molecular weight is 364 g/mol. The van der Waals surface area contributed by atoms with E-state index in [4.69, 9.17) is 9.47 Å². The molecule has 0 aliphatic carbocycles. The van der Waals surface area contributed by atoms with E-state index < -0.39 is 5.60 Å². The fraction of sp³-hybridized carbons (Fsp3) is 0.875. The van der Waals surface area contributed by atoms with E-state index in [0.717, 1.165) is 0 Å². The number of carbonyl (C=O) groups is 2. The van der Waals surface area contributed by atoms with Crippen LogP contribution >= 0.6 is 12.4 Å². The van der Waals surface area contributed by atoms with Crippen LogP contribution in [0.5, 0.6) is 0 Å². The summed E-state index contributed by atoms with van der Waals surface area (Å²) >= 11 is 0. The highest BCUT2D eigenvalue weighted by molar-refractivity contribution is 5.85. The van der Waals surface area contributed by atoms with Crippen LogP contribution in [0.2, 0.25) is 0 Å². The van der Waals surface area contributed by atoms with Gasteiger partial charge in [0.25, 0.3) is 0 Å². The largest absolute Gasteiger partial charge is 0.444 e. The first-order valence-corrected chi connectivity index (χ1v) is 8.32. The molecule has 2 rings (SSSR count). The summed E-state index contributed by atoms with van der Waals surface area (Å²) in [6, 6.07) is -0.0413. The van der Waals surface area contributed by atoms with Crippen molar-refractivity contribution in [3.63, 3.8) is 0 Å². The zero-order valence-electron chi connectivity index (χ0n) is 15.3. The number of hydrogen-bond acceptors (Lipinski definition) is 4. The summed E-state index contributed by atoms with van der Waals surface area (Å²) in [7, 11) is 0. The predicted octanol–water partition coefficient (Wildman–Crippen LogP) is 2.19. The summed E-state index contributed by atoms with van der Waals surface area (Å²) < 4.78 is 10.7. The maximum atomic E-state index is 12.7. The normalized spacial score (nSPS) is 25.1. The fourth-order valence-electron chi connectivity index (χ4n) is 3.09. The van der Waals surface area contributed by atoms with Gasteiger partial charge in [-0.15, -0.1) is 12.4 Å². The van der Waals surface area contributed by atoms with Crippen molar-refractivity contribution >= 4 is 24.5 Å². The molecule has 8 heteroatoms. The van der Waals surface area contributed by atoms with Crippen molar-refractivity contribution in [3.05, 3.63) is 0 Å². The summed E-state index contributed by atoms with van der Waals surface area (Å²) in [5.41, 5.74) is -0.510. The second-order valence-corrected chi connectivity index (χ2v) is 7.37. The molecule has 0 bridgehead atoms. The van der Waals surface area contributed by atoms with Crippen molar-refractivity contribution in [1.82, 2.24) is 14.7 Å². The first-order chi connectivity index (χ1) is 10.7. The van der Waals surface area contributed by atoms with E-state index in [-0.39, 0.29) is 36.6 Å². The third-order valence-electron chi connectivity index (χ3n) is 4.07. The number of hydrogen-bond donors (Lipinski definition) is 0. The van der Waals surface area contributed by atoms with Gasteiger partial charge in [-0.05, 0) is 34.6 Å². The minimum atomic E-state index is -0.510. The number of carbonyl (C=O) groups excluding carboxylic acids is 2. The van der Waals surface area contributed by atoms with Crippen molar-refractivity contribution < 1.29 is 19.1 Å². The highest BCUT2D eigenvalue weighted by Gasteiger charge is 2.38. The van der Waals surface area contributed by atoms with Crippen LogP contribution in [0.1, 0.15) is 34.6 Å². The van der Waals surface area contributed by atoms with E-state index in [1.54, 1.807) is 4.90 Å².